The third-order valence-electron chi connectivity index (χ3n) is 4.94. The Balaban J connectivity index is 1.31. The Morgan fingerprint density at radius 1 is 0.962 bits per heavy atom. The van der Waals surface area contributed by atoms with E-state index in [2.05, 4.69) is 50.1 Å². The Morgan fingerprint density at radius 3 is 2.42 bits per heavy atom. The Labute approximate surface area is 163 Å². The van der Waals surface area contributed by atoms with Gasteiger partial charge in [-0.25, -0.2) is 4.68 Å². The molecule has 6 nitrogen and oxygen atoms in total. The van der Waals surface area contributed by atoms with Gasteiger partial charge in [0.1, 0.15) is 0 Å². The number of para-hydroxylation sites is 1. The van der Waals surface area contributed by atoms with Crippen LogP contribution in [0.3, 0.4) is 0 Å². The molecular weight excluding hydrogens is 366 g/mol. The summed E-state index contributed by atoms with van der Waals surface area (Å²) >= 11 is 7.39. The van der Waals surface area contributed by atoms with Crippen LogP contribution in [0.15, 0.2) is 34.7 Å². The number of benzene rings is 1. The molecule has 26 heavy (non-hydrogen) atoms. The second kappa shape index (κ2) is 8.56. The average molecular weight is 392 g/mol. The highest BCUT2D eigenvalue weighted by Gasteiger charge is 2.19. The first-order valence-corrected chi connectivity index (χ1v) is 10.7. The van der Waals surface area contributed by atoms with Gasteiger partial charge in [0.25, 0.3) is 4.84 Å². The van der Waals surface area contributed by atoms with Crippen molar-refractivity contribution < 1.29 is 4.42 Å². The van der Waals surface area contributed by atoms with E-state index in [0.717, 1.165) is 51.7 Å². The molecule has 0 amide bonds. The van der Waals surface area contributed by atoms with Crippen molar-refractivity contribution in [3.05, 3.63) is 41.1 Å². The van der Waals surface area contributed by atoms with Crippen LogP contribution in [0.25, 0.3) is 0 Å². The fourth-order valence-corrected chi connectivity index (χ4v) is 4.60. The molecule has 3 heterocycles. The minimum absolute atomic E-state index is 0.483. The van der Waals surface area contributed by atoms with Crippen molar-refractivity contribution in [1.29, 1.82) is 0 Å². The number of hydrogen-bond donors (Lipinski definition) is 0. The molecule has 8 heteroatoms. The van der Waals surface area contributed by atoms with Crippen molar-refractivity contribution in [3.8, 4) is 0 Å². The fourth-order valence-electron chi connectivity index (χ4n) is 3.43. The lowest BCUT2D eigenvalue weighted by Crippen LogP contribution is -2.46. The lowest BCUT2D eigenvalue weighted by Gasteiger charge is -2.35. The molecule has 0 N–H and O–H groups in total. The largest absolute Gasteiger partial charge is 0.412 e. The lowest BCUT2D eigenvalue weighted by molar-refractivity contribution is 0.192. The second-order valence-electron chi connectivity index (χ2n) is 6.73. The molecule has 0 spiro atoms. The van der Waals surface area contributed by atoms with Crippen LogP contribution >= 0.6 is 24.0 Å². The zero-order valence-electron chi connectivity index (χ0n) is 14.9. The van der Waals surface area contributed by atoms with Crippen molar-refractivity contribution in [2.24, 2.45) is 0 Å². The number of thioether (sulfide) groups is 1. The van der Waals surface area contributed by atoms with Crippen LogP contribution in [0.1, 0.15) is 5.89 Å². The highest BCUT2D eigenvalue weighted by molar-refractivity contribution is 7.99. The molecule has 1 aromatic carbocycles. The highest BCUT2D eigenvalue weighted by atomic mass is 32.2. The first kappa shape index (κ1) is 18.0. The molecule has 4 rings (SSSR count). The molecule has 0 atom stereocenters. The first-order valence-electron chi connectivity index (χ1n) is 9.17. The molecule has 2 fully saturated rings. The molecule has 2 saturated heterocycles. The number of nitrogens with zero attached hydrogens (tertiary/aromatic N) is 5. The molecule has 2 aromatic rings. The van der Waals surface area contributed by atoms with Gasteiger partial charge in [0.05, 0.1) is 13.2 Å². The van der Waals surface area contributed by atoms with Crippen LogP contribution in [-0.4, -0.2) is 70.4 Å². The second-order valence-corrected chi connectivity index (χ2v) is 8.31. The molecule has 2 aliphatic rings. The summed E-state index contributed by atoms with van der Waals surface area (Å²) in [5.74, 6) is 3.12. The molecular formula is C18H25N5OS2. The predicted octanol–water partition coefficient (Wildman–Crippen LogP) is 2.53. The van der Waals surface area contributed by atoms with Gasteiger partial charge in [0.15, 0.2) is 0 Å². The van der Waals surface area contributed by atoms with E-state index in [1.54, 1.807) is 0 Å². The SMILES string of the molecule is S=c1oc(CN2CCSCC2)nn1CN1CCN(c2ccccc2)CC1. The van der Waals surface area contributed by atoms with Gasteiger partial charge in [-0.1, -0.05) is 18.2 Å². The summed E-state index contributed by atoms with van der Waals surface area (Å²) in [4.78, 5) is 7.69. The van der Waals surface area contributed by atoms with E-state index < -0.39 is 0 Å². The maximum Gasteiger partial charge on any atom is 0.288 e. The summed E-state index contributed by atoms with van der Waals surface area (Å²) in [7, 11) is 0. The number of piperazine rings is 1. The smallest absolute Gasteiger partial charge is 0.288 e. The van der Waals surface area contributed by atoms with Crippen LogP contribution in [0.5, 0.6) is 0 Å². The summed E-state index contributed by atoms with van der Waals surface area (Å²) in [5, 5.41) is 4.62. The summed E-state index contributed by atoms with van der Waals surface area (Å²) in [6, 6.07) is 10.6. The maximum atomic E-state index is 5.73. The first-order chi connectivity index (χ1) is 12.8. The van der Waals surface area contributed by atoms with Crippen molar-refractivity contribution in [3.63, 3.8) is 0 Å². The third-order valence-corrected chi connectivity index (χ3v) is 6.17. The summed E-state index contributed by atoms with van der Waals surface area (Å²) in [5.41, 5.74) is 1.30. The summed E-state index contributed by atoms with van der Waals surface area (Å²) in [6.45, 7) is 7.72. The molecule has 0 bridgehead atoms. The van der Waals surface area contributed by atoms with Crippen LogP contribution in [0, 0.1) is 4.84 Å². The number of rotatable bonds is 5. The Kier molecular flexibility index (Phi) is 5.94. The Bertz CT molecular complexity index is 748. The van der Waals surface area contributed by atoms with Crippen LogP contribution < -0.4 is 4.90 Å². The normalized spacial score (nSPS) is 19.8. The zero-order chi connectivity index (χ0) is 17.8. The molecule has 0 saturated carbocycles. The minimum Gasteiger partial charge on any atom is -0.412 e. The van der Waals surface area contributed by atoms with Gasteiger partial charge in [-0.05, 0) is 24.4 Å². The van der Waals surface area contributed by atoms with E-state index in [9.17, 15) is 0 Å². The number of hydrogen-bond acceptors (Lipinski definition) is 7. The van der Waals surface area contributed by atoms with Gasteiger partial charge in [-0.3, -0.25) is 9.80 Å². The standard InChI is InChI=1S/C18H25N5OS2/c25-18-23(19-17(24-18)14-20-10-12-26-13-11-20)15-21-6-8-22(9-7-21)16-4-2-1-3-5-16/h1-5H,6-15H2. The third kappa shape index (κ3) is 4.49. The molecule has 2 aliphatic heterocycles. The van der Waals surface area contributed by atoms with Crippen LogP contribution in [-0.2, 0) is 13.2 Å². The van der Waals surface area contributed by atoms with Gasteiger partial charge < -0.3 is 9.32 Å². The quantitative estimate of drug-likeness (QED) is 0.726. The van der Waals surface area contributed by atoms with Gasteiger partial charge in [0.2, 0.25) is 5.89 Å². The van der Waals surface area contributed by atoms with Crippen molar-refractivity contribution >= 4 is 29.7 Å². The highest BCUT2D eigenvalue weighted by Crippen LogP contribution is 2.16. The molecule has 1 aromatic heterocycles. The minimum atomic E-state index is 0.483. The van der Waals surface area contributed by atoms with Crippen LogP contribution in [0.2, 0.25) is 0 Å². The van der Waals surface area contributed by atoms with Gasteiger partial charge >= 0.3 is 0 Å². The molecule has 0 aliphatic carbocycles. The summed E-state index contributed by atoms with van der Waals surface area (Å²) < 4.78 is 7.57. The number of aromatic nitrogens is 2. The van der Waals surface area contributed by atoms with E-state index in [4.69, 9.17) is 16.6 Å². The zero-order valence-corrected chi connectivity index (χ0v) is 16.6. The summed E-state index contributed by atoms with van der Waals surface area (Å²) in [6.07, 6.45) is 0. The average Bonchev–Trinajstić information content (AvgIpc) is 3.03. The van der Waals surface area contributed by atoms with E-state index in [1.165, 1.54) is 17.2 Å². The maximum absolute atomic E-state index is 5.73. The molecule has 0 unspecified atom stereocenters. The van der Waals surface area contributed by atoms with E-state index in [-0.39, 0.29) is 0 Å². The molecule has 140 valence electrons. The van der Waals surface area contributed by atoms with Gasteiger partial charge in [0, 0.05) is 56.5 Å². The Hall–Kier alpha value is -1.35. The topological polar surface area (TPSA) is 40.7 Å². The van der Waals surface area contributed by atoms with Crippen molar-refractivity contribution in [2.45, 2.75) is 13.2 Å². The Morgan fingerprint density at radius 2 is 1.69 bits per heavy atom. The number of anilines is 1. The van der Waals surface area contributed by atoms with E-state index >= 15 is 0 Å². The van der Waals surface area contributed by atoms with E-state index in [0.29, 0.717) is 11.5 Å². The van der Waals surface area contributed by atoms with Gasteiger partial charge in [-0.2, -0.15) is 11.8 Å². The lowest BCUT2D eigenvalue weighted by atomic mass is 10.2. The monoisotopic (exact) mass is 391 g/mol. The fraction of sp³-hybridized carbons (Fsp3) is 0.556. The molecule has 0 radical (unpaired) electrons. The van der Waals surface area contributed by atoms with Crippen LogP contribution in [0.4, 0.5) is 5.69 Å². The predicted molar refractivity (Wildman–Crippen MR) is 108 cm³/mol. The van der Waals surface area contributed by atoms with Crippen molar-refractivity contribution in [2.75, 3.05) is 55.7 Å². The van der Waals surface area contributed by atoms with E-state index in [1.807, 2.05) is 16.4 Å². The van der Waals surface area contributed by atoms with Gasteiger partial charge in [-0.15, -0.1) is 5.10 Å². The van der Waals surface area contributed by atoms with Crippen molar-refractivity contribution in [1.82, 2.24) is 19.6 Å².